The van der Waals surface area contributed by atoms with Gasteiger partial charge in [0, 0.05) is 30.8 Å². The molecule has 1 fully saturated rings. The van der Waals surface area contributed by atoms with Gasteiger partial charge in [-0.2, -0.15) is 5.10 Å². The maximum atomic E-state index is 14.8. The minimum Gasteiger partial charge on any atom is -0.316 e. The van der Waals surface area contributed by atoms with E-state index >= 15 is 0 Å². The molecule has 0 aromatic carbocycles. The van der Waals surface area contributed by atoms with Crippen molar-refractivity contribution in [3.05, 3.63) is 18.0 Å². The highest BCUT2D eigenvalue weighted by atomic mass is 19.1. The minimum absolute atomic E-state index is 0.0655. The lowest BCUT2D eigenvalue weighted by Gasteiger charge is -2.33. The normalized spacial score (nSPS) is 25.3. The first-order valence-electron chi connectivity index (χ1n) is 6.07. The van der Waals surface area contributed by atoms with Crippen molar-refractivity contribution in [2.45, 2.75) is 38.9 Å². The van der Waals surface area contributed by atoms with Crippen molar-refractivity contribution in [3.63, 3.8) is 0 Å². The van der Waals surface area contributed by atoms with E-state index in [2.05, 4.69) is 10.4 Å². The molecule has 2 heterocycles. The van der Waals surface area contributed by atoms with Gasteiger partial charge in [-0.3, -0.25) is 4.68 Å². The molecule has 1 aromatic rings. The summed E-state index contributed by atoms with van der Waals surface area (Å²) in [5.74, 6) is 0.0655. The number of piperidine rings is 1. The van der Waals surface area contributed by atoms with Crippen LogP contribution in [-0.2, 0) is 12.2 Å². The molecular formula is C12H20FN3. The third-order valence-electron chi connectivity index (χ3n) is 3.59. The Labute approximate surface area is 96.0 Å². The summed E-state index contributed by atoms with van der Waals surface area (Å²) < 4.78 is 16.5. The first-order valence-corrected chi connectivity index (χ1v) is 6.07. The van der Waals surface area contributed by atoms with Crippen LogP contribution in [0, 0.1) is 5.92 Å². The Kier molecular flexibility index (Phi) is 3.28. The average Bonchev–Trinajstić information content (AvgIpc) is 2.79. The van der Waals surface area contributed by atoms with Crippen LogP contribution in [0.4, 0.5) is 4.39 Å². The topological polar surface area (TPSA) is 29.9 Å². The van der Waals surface area contributed by atoms with Crippen molar-refractivity contribution >= 4 is 0 Å². The quantitative estimate of drug-likeness (QED) is 0.853. The lowest BCUT2D eigenvalue weighted by atomic mass is 9.81. The Hall–Kier alpha value is -0.900. The zero-order valence-electron chi connectivity index (χ0n) is 10.0. The van der Waals surface area contributed by atoms with Crippen molar-refractivity contribution in [2.24, 2.45) is 5.92 Å². The van der Waals surface area contributed by atoms with Gasteiger partial charge in [-0.25, -0.2) is 4.39 Å². The van der Waals surface area contributed by atoms with Crippen molar-refractivity contribution in [1.29, 1.82) is 0 Å². The summed E-state index contributed by atoms with van der Waals surface area (Å²) in [6.07, 6.45) is 5.51. The molecule has 2 atom stereocenters. The maximum absolute atomic E-state index is 14.8. The van der Waals surface area contributed by atoms with Crippen molar-refractivity contribution in [2.75, 3.05) is 13.1 Å². The molecular weight excluding hydrogens is 205 g/mol. The van der Waals surface area contributed by atoms with Gasteiger partial charge in [0.1, 0.15) is 5.67 Å². The van der Waals surface area contributed by atoms with Crippen LogP contribution in [0.3, 0.4) is 0 Å². The fourth-order valence-corrected chi connectivity index (χ4v) is 2.34. The van der Waals surface area contributed by atoms with Gasteiger partial charge in [0.15, 0.2) is 0 Å². The summed E-state index contributed by atoms with van der Waals surface area (Å²) >= 11 is 0. The number of nitrogens with one attached hydrogen (secondary N) is 1. The van der Waals surface area contributed by atoms with Crippen LogP contribution in [0.5, 0.6) is 0 Å². The molecule has 0 amide bonds. The van der Waals surface area contributed by atoms with Crippen LogP contribution in [0.15, 0.2) is 12.4 Å². The molecule has 0 aliphatic carbocycles. The standard InChI is InChI=1S/C12H20FN3/c1-3-16-9-11(8-15-16)12(2,13)10-5-4-6-14-7-10/h8-10,14H,3-7H2,1-2H3. The summed E-state index contributed by atoms with van der Waals surface area (Å²) in [5.41, 5.74) is -0.552. The molecule has 16 heavy (non-hydrogen) atoms. The molecule has 0 spiro atoms. The Morgan fingerprint density at radius 3 is 3.06 bits per heavy atom. The van der Waals surface area contributed by atoms with E-state index in [1.807, 2.05) is 13.1 Å². The van der Waals surface area contributed by atoms with Gasteiger partial charge in [0.2, 0.25) is 0 Å². The molecule has 0 radical (unpaired) electrons. The van der Waals surface area contributed by atoms with Crippen LogP contribution in [-0.4, -0.2) is 22.9 Å². The number of hydrogen-bond acceptors (Lipinski definition) is 2. The summed E-state index contributed by atoms with van der Waals surface area (Å²) in [5, 5.41) is 7.42. The minimum atomic E-state index is -1.26. The summed E-state index contributed by atoms with van der Waals surface area (Å²) in [6, 6.07) is 0. The predicted molar refractivity (Wildman–Crippen MR) is 62.0 cm³/mol. The molecule has 1 aliphatic heterocycles. The molecule has 1 N–H and O–H groups in total. The Bertz CT molecular complexity index is 340. The Balaban J connectivity index is 2.15. The molecule has 1 aliphatic rings. The highest BCUT2D eigenvalue weighted by Crippen LogP contribution is 2.36. The number of alkyl halides is 1. The molecule has 90 valence electrons. The fourth-order valence-electron chi connectivity index (χ4n) is 2.34. The highest BCUT2D eigenvalue weighted by molar-refractivity contribution is 5.16. The Morgan fingerprint density at radius 1 is 1.69 bits per heavy atom. The molecule has 2 unspecified atom stereocenters. The van der Waals surface area contributed by atoms with Gasteiger partial charge in [-0.1, -0.05) is 0 Å². The van der Waals surface area contributed by atoms with Crippen molar-refractivity contribution in [3.8, 4) is 0 Å². The van der Waals surface area contributed by atoms with Crippen LogP contribution in [0.2, 0.25) is 0 Å². The third kappa shape index (κ3) is 2.12. The van der Waals surface area contributed by atoms with Crippen molar-refractivity contribution < 1.29 is 4.39 Å². The largest absolute Gasteiger partial charge is 0.316 e. The monoisotopic (exact) mass is 225 g/mol. The smallest absolute Gasteiger partial charge is 0.140 e. The van der Waals surface area contributed by atoms with Gasteiger partial charge < -0.3 is 5.32 Å². The van der Waals surface area contributed by atoms with E-state index in [9.17, 15) is 4.39 Å². The summed E-state index contributed by atoms with van der Waals surface area (Å²) in [4.78, 5) is 0. The van der Waals surface area contributed by atoms with E-state index in [1.165, 1.54) is 0 Å². The predicted octanol–water partition coefficient (Wildman–Crippen LogP) is 2.09. The lowest BCUT2D eigenvalue weighted by Crippen LogP contribution is -2.39. The molecule has 2 rings (SSSR count). The van der Waals surface area contributed by atoms with Crippen LogP contribution in [0.1, 0.15) is 32.3 Å². The molecule has 0 saturated carbocycles. The number of hydrogen-bond donors (Lipinski definition) is 1. The SMILES string of the molecule is CCn1cc(C(C)(F)C2CCCNC2)cn1. The van der Waals surface area contributed by atoms with E-state index < -0.39 is 5.67 Å². The van der Waals surface area contributed by atoms with Gasteiger partial charge >= 0.3 is 0 Å². The first kappa shape index (κ1) is 11.6. The number of halogens is 1. The first-order chi connectivity index (χ1) is 7.64. The van der Waals surface area contributed by atoms with Gasteiger partial charge in [0.25, 0.3) is 0 Å². The summed E-state index contributed by atoms with van der Waals surface area (Å²) in [7, 11) is 0. The fraction of sp³-hybridized carbons (Fsp3) is 0.750. The van der Waals surface area contributed by atoms with Gasteiger partial charge in [-0.15, -0.1) is 0 Å². The number of aryl methyl sites for hydroxylation is 1. The number of rotatable bonds is 3. The van der Waals surface area contributed by atoms with Crippen LogP contribution in [0.25, 0.3) is 0 Å². The molecule has 0 bridgehead atoms. The second-order valence-corrected chi connectivity index (χ2v) is 4.70. The van der Waals surface area contributed by atoms with E-state index in [0.29, 0.717) is 5.56 Å². The van der Waals surface area contributed by atoms with Gasteiger partial charge in [0.05, 0.1) is 6.20 Å². The second kappa shape index (κ2) is 4.53. The van der Waals surface area contributed by atoms with Crippen LogP contribution >= 0.6 is 0 Å². The van der Waals surface area contributed by atoms with E-state index in [0.717, 1.165) is 32.5 Å². The van der Waals surface area contributed by atoms with Crippen LogP contribution < -0.4 is 5.32 Å². The lowest BCUT2D eigenvalue weighted by molar-refractivity contribution is 0.0811. The average molecular weight is 225 g/mol. The van der Waals surface area contributed by atoms with Crippen molar-refractivity contribution in [1.82, 2.24) is 15.1 Å². The molecule has 4 heteroatoms. The van der Waals surface area contributed by atoms with E-state index in [4.69, 9.17) is 0 Å². The Morgan fingerprint density at radius 2 is 2.50 bits per heavy atom. The summed E-state index contributed by atoms with van der Waals surface area (Å²) in [6.45, 7) is 6.26. The van der Waals surface area contributed by atoms with Gasteiger partial charge in [-0.05, 0) is 33.2 Å². The zero-order valence-corrected chi connectivity index (χ0v) is 10.0. The maximum Gasteiger partial charge on any atom is 0.140 e. The van der Waals surface area contributed by atoms with E-state index in [1.54, 1.807) is 17.8 Å². The van der Waals surface area contributed by atoms with E-state index in [-0.39, 0.29) is 5.92 Å². The number of aromatic nitrogens is 2. The molecule has 1 aromatic heterocycles. The number of nitrogens with zero attached hydrogens (tertiary/aromatic N) is 2. The third-order valence-corrected chi connectivity index (χ3v) is 3.59. The molecule has 3 nitrogen and oxygen atoms in total. The zero-order chi connectivity index (χ0) is 11.6. The second-order valence-electron chi connectivity index (χ2n) is 4.70. The highest BCUT2D eigenvalue weighted by Gasteiger charge is 2.37. The molecule has 1 saturated heterocycles.